The summed E-state index contributed by atoms with van der Waals surface area (Å²) in [7, 11) is 0. The molecule has 1 aliphatic rings. The summed E-state index contributed by atoms with van der Waals surface area (Å²) in [6.07, 6.45) is 2.10. The smallest absolute Gasteiger partial charge is 0.204 e. The minimum absolute atomic E-state index is 0.0400. The lowest BCUT2D eigenvalue weighted by atomic mass is 10.1. The van der Waals surface area contributed by atoms with E-state index < -0.39 is 0 Å². The number of benzene rings is 2. The molecule has 3 aromatic rings. The fourth-order valence-electron chi connectivity index (χ4n) is 3.37. The van der Waals surface area contributed by atoms with Crippen molar-refractivity contribution in [3.05, 3.63) is 59.1 Å². The van der Waals surface area contributed by atoms with Crippen molar-refractivity contribution in [3.63, 3.8) is 0 Å². The van der Waals surface area contributed by atoms with E-state index in [-0.39, 0.29) is 12.3 Å². The van der Waals surface area contributed by atoms with Gasteiger partial charge in [-0.05, 0) is 62.3 Å². The molecule has 26 heavy (non-hydrogen) atoms. The Labute approximate surface area is 157 Å². The van der Waals surface area contributed by atoms with Crippen LogP contribution in [-0.2, 0) is 6.54 Å². The molecule has 1 saturated heterocycles. The Morgan fingerprint density at radius 2 is 1.88 bits per heavy atom. The summed E-state index contributed by atoms with van der Waals surface area (Å²) in [6.45, 7) is 2.25. The first-order chi connectivity index (χ1) is 12.7. The molecule has 2 N–H and O–H groups in total. The normalized spacial score (nSPS) is 15.3. The van der Waals surface area contributed by atoms with Crippen LogP contribution in [0.15, 0.2) is 48.5 Å². The van der Waals surface area contributed by atoms with E-state index in [0.717, 1.165) is 42.9 Å². The van der Waals surface area contributed by atoms with Gasteiger partial charge in [0.25, 0.3) is 0 Å². The van der Waals surface area contributed by atoms with Crippen molar-refractivity contribution in [2.45, 2.75) is 25.4 Å². The van der Waals surface area contributed by atoms with Gasteiger partial charge in [0.15, 0.2) is 5.78 Å². The molecule has 0 bridgehead atoms. The number of carbonyl (C=O) groups is 1. The Morgan fingerprint density at radius 3 is 2.65 bits per heavy atom. The van der Waals surface area contributed by atoms with Crippen molar-refractivity contribution < 1.29 is 4.79 Å². The predicted molar refractivity (Wildman–Crippen MR) is 105 cm³/mol. The predicted octanol–water partition coefficient (Wildman–Crippen LogP) is 3.74. The number of imidazole rings is 1. The average Bonchev–Trinajstić information content (AvgIpc) is 3.00. The lowest BCUT2D eigenvalue weighted by Crippen LogP contribution is -2.36. The van der Waals surface area contributed by atoms with E-state index in [9.17, 15) is 4.79 Å². The van der Waals surface area contributed by atoms with E-state index in [1.165, 1.54) is 0 Å². The maximum absolute atomic E-state index is 12.8. The number of ketones is 1. The number of nitrogens with zero attached hydrogens (tertiary/aromatic N) is 2. The fourth-order valence-corrected chi connectivity index (χ4v) is 3.49. The van der Waals surface area contributed by atoms with Crippen LogP contribution in [0.3, 0.4) is 0 Å². The van der Waals surface area contributed by atoms with Gasteiger partial charge in [0, 0.05) is 16.6 Å². The van der Waals surface area contributed by atoms with E-state index in [0.29, 0.717) is 16.6 Å². The third-order valence-corrected chi connectivity index (χ3v) is 5.05. The first-order valence-electron chi connectivity index (χ1n) is 8.92. The van der Waals surface area contributed by atoms with Crippen molar-refractivity contribution in [1.82, 2.24) is 14.9 Å². The average molecular weight is 369 g/mol. The van der Waals surface area contributed by atoms with Gasteiger partial charge in [0.2, 0.25) is 5.95 Å². The molecule has 0 amide bonds. The zero-order valence-electron chi connectivity index (χ0n) is 14.4. The van der Waals surface area contributed by atoms with Gasteiger partial charge < -0.3 is 15.2 Å². The highest BCUT2D eigenvalue weighted by molar-refractivity contribution is 6.30. The SMILES string of the molecule is O=C(Cn1c(NC2CCNCC2)nc2ccccc21)c1ccc(Cl)cc1. The van der Waals surface area contributed by atoms with Gasteiger partial charge in [0.1, 0.15) is 0 Å². The zero-order valence-corrected chi connectivity index (χ0v) is 15.2. The molecule has 1 fully saturated rings. The summed E-state index contributed by atoms with van der Waals surface area (Å²) >= 11 is 5.93. The standard InChI is InChI=1S/C20H21ClN4O/c21-15-7-5-14(6-8-15)19(26)13-25-18-4-2-1-3-17(18)24-20(25)23-16-9-11-22-12-10-16/h1-8,16,22H,9-13H2,(H,23,24). The first-order valence-corrected chi connectivity index (χ1v) is 9.30. The number of rotatable bonds is 5. The molecule has 0 atom stereocenters. The van der Waals surface area contributed by atoms with Crippen LogP contribution < -0.4 is 10.6 Å². The molecule has 0 saturated carbocycles. The van der Waals surface area contributed by atoms with Crippen molar-refractivity contribution in [2.75, 3.05) is 18.4 Å². The highest BCUT2D eigenvalue weighted by atomic mass is 35.5. The van der Waals surface area contributed by atoms with E-state index in [4.69, 9.17) is 16.6 Å². The summed E-state index contributed by atoms with van der Waals surface area (Å²) in [4.78, 5) is 17.5. The number of aromatic nitrogens is 2. The van der Waals surface area contributed by atoms with Gasteiger partial charge in [0.05, 0.1) is 17.6 Å². The summed E-state index contributed by atoms with van der Waals surface area (Å²) in [6, 6.07) is 15.3. The van der Waals surface area contributed by atoms with E-state index in [2.05, 4.69) is 10.6 Å². The number of carbonyl (C=O) groups excluding carboxylic acids is 1. The molecule has 0 spiro atoms. The quantitative estimate of drug-likeness (QED) is 0.673. The van der Waals surface area contributed by atoms with Crippen LogP contribution in [0.25, 0.3) is 11.0 Å². The zero-order chi connectivity index (χ0) is 17.9. The number of hydrogen-bond donors (Lipinski definition) is 2. The van der Waals surface area contributed by atoms with Crippen LogP contribution in [-0.4, -0.2) is 34.5 Å². The maximum Gasteiger partial charge on any atom is 0.204 e. The molecule has 0 unspecified atom stereocenters. The number of halogens is 1. The van der Waals surface area contributed by atoms with Crippen molar-refractivity contribution in [1.29, 1.82) is 0 Å². The number of anilines is 1. The second kappa shape index (κ2) is 7.48. The third-order valence-electron chi connectivity index (χ3n) is 4.79. The monoisotopic (exact) mass is 368 g/mol. The van der Waals surface area contributed by atoms with E-state index in [1.54, 1.807) is 24.3 Å². The van der Waals surface area contributed by atoms with Gasteiger partial charge >= 0.3 is 0 Å². The minimum atomic E-state index is 0.0400. The Balaban J connectivity index is 1.64. The van der Waals surface area contributed by atoms with Crippen LogP contribution in [0, 0.1) is 0 Å². The second-order valence-electron chi connectivity index (χ2n) is 6.61. The molecule has 0 aliphatic carbocycles. The topological polar surface area (TPSA) is 59.0 Å². The van der Waals surface area contributed by atoms with Crippen molar-refractivity contribution in [3.8, 4) is 0 Å². The van der Waals surface area contributed by atoms with Gasteiger partial charge in [-0.2, -0.15) is 0 Å². The van der Waals surface area contributed by atoms with Crippen LogP contribution in [0.2, 0.25) is 5.02 Å². The Kier molecular flexibility index (Phi) is 4.91. The van der Waals surface area contributed by atoms with Crippen molar-refractivity contribution in [2.24, 2.45) is 0 Å². The molecule has 6 heteroatoms. The van der Waals surface area contributed by atoms with Crippen LogP contribution in [0.5, 0.6) is 0 Å². The third kappa shape index (κ3) is 3.59. The number of piperidine rings is 1. The molecule has 5 nitrogen and oxygen atoms in total. The summed E-state index contributed by atoms with van der Waals surface area (Å²) in [5.74, 6) is 0.804. The summed E-state index contributed by atoms with van der Waals surface area (Å²) in [5, 5.41) is 7.54. The van der Waals surface area contributed by atoms with Crippen molar-refractivity contribution >= 4 is 34.4 Å². The van der Waals surface area contributed by atoms with Gasteiger partial charge in [-0.15, -0.1) is 0 Å². The second-order valence-corrected chi connectivity index (χ2v) is 7.05. The largest absolute Gasteiger partial charge is 0.353 e. The number of fused-ring (bicyclic) bond motifs is 1. The van der Waals surface area contributed by atoms with Gasteiger partial charge in [-0.25, -0.2) is 4.98 Å². The Morgan fingerprint density at radius 1 is 1.15 bits per heavy atom. The molecule has 2 aromatic carbocycles. The number of Topliss-reactive ketones (excluding diaryl/α,β-unsaturated/α-hetero) is 1. The number of hydrogen-bond acceptors (Lipinski definition) is 4. The molecule has 0 radical (unpaired) electrons. The molecule has 1 aliphatic heterocycles. The van der Waals surface area contributed by atoms with Gasteiger partial charge in [-0.3, -0.25) is 4.79 Å². The first kappa shape index (κ1) is 17.1. The summed E-state index contributed by atoms with van der Waals surface area (Å²) in [5.41, 5.74) is 2.51. The molecule has 1 aromatic heterocycles. The van der Waals surface area contributed by atoms with E-state index in [1.807, 2.05) is 28.8 Å². The molecular weight excluding hydrogens is 348 g/mol. The highest BCUT2D eigenvalue weighted by Crippen LogP contribution is 2.22. The Bertz CT molecular complexity index is 913. The minimum Gasteiger partial charge on any atom is -0.353 e. The number of nitrogens with one attached hydrogen (secondary N) is 2. The lowest BCUT2D eigenvalue weighted by Gasteiger charge is -2.24. The number of para-hydroxylation sites is 2. The maximum atomic E-state index is 12.8. The van der Waals surface area contributed by atoms with E-state index >= 15 is 0 Å². The summed E-state index contributed by atoms with van der Waals surface area (Å²) < 4.78 is 1.98. The van der Waals surface area contributed by atoms with Crippen LogP contribution in [0.4, 0.5) is 5.95 Å². The van der Waals surface area contributed by atoms with Crippen LogP contribution in [0.1, 0.15) is 23.2 Å². The van der Waals surface area contributed by atoms with Crippen LogP contribution >= 0.6 is 11.6 Å². The fraction of sp³-hybridized carbons (Fsp3) is 0.300. The highest BCUT2D eigenvalue weighted by Gasteiger charge is 2.19. The molecule has 2 heterocycles. The molecule has 4 rings (SSSR count). The lowest BCUT2D eigenvalue weighted by molar-refractivity contribution is 0.0974. The molecular formula is C20H21ClN4O. The molecule has 134 valence electrons. The Hall–Kier alpha value is -2.37. The van der Waals surface area contributed by atoms with Gasteiger partial charge in [-0.1, -0.05) is 23.7 Å².